The van der Waals surface area contributed by atoms with Gasteiger partial charge in [0.05, 0.1) is 11.7 Å². The fourth-order valence-electron chi connectivity index (χ4n) is 2.45. The van der Waals surface area contributed by atoms with Crippen LogP contribution < -0.4 is 4.74 Å². The molecule has 0 aliphatic heterocycles. The van der Waals surface area contributed by atoms with Crippen LogP contribution >= 0.6 is 0 Å². The Morgan fingerprint density at radius 1 is 1.23 bits per heavy atom. The summed E-state index contributed by atoms with van der Waals surface area (Å²) >= 11 is 0. The second kappa shape index (κ2) is 7.82. The number of hydrogen-bond donors (Lipinski definition) is 0. The van der Waals surface area contributed by atoms with Gasteiger partial charge in [-0.2, -0.15) is 0 Å². The summed E-state index contributed by atoms with van der Waals surface area (Å²) < 4.78 is 10.9. The van der Waals surface area contributed by atoms with E-state index in [0.29, 0.717) is 5.76 Å². The number of aryl methyl sites for hydroxylation is 1. The standard InChI is InChI=1S/C20H21N3O3/c1-14-7-9-16(10-8-14)25-13-17-12-19(22-26-17)20(24)23(3)15(2)18-6-4-5-11-21-18/h4-12,15H,13H2,1-3H3. The van der Waals surface area contributed by atoms with Crippen molar-refractivity contribution in [3.8, 4) is 5.75 Å². The van der Waals surface area contributed by atoms with Crippen LogP contribution in [0.4, 0.5) is 0 Å². The Kier molecular flexibility index (Phi) is 5.31. The zero-order valence-corrected chi connectivity index (χ0v) is 15.0. The van der Waals surface area contributed by atoms with Crippen LogP contribution in [0.2, 0.25) is 0 Å². The number of aromatic nitrogens is 2. The van der Waals surface area contributed by atoms with Crippen LogP contribution in [0.25, 0.3) is 0 Å². The molecule has 2 aromatic heterocycles. The topological polar surface area (TPSA) is 68.5 Å². The average Bonchev–Trinajstić information content (AvgIpc) is 3.15. The molecule has 0 spiro atoms. The minimum Gasteiger partial charge on any atom is -0.486 e. The summed E-state index contributed by atoms with van der Waals surface area (Å²) in [5, 5.41) is 3.87. The number of hydrogen-bond acceptors (Lipinski definition) is 5. The van der Waals surface area contributed by atoms with Crippen LogP contribution in [0.3, 0.4) is 0 Å². The van der Waals surface area contributed by atoms with Crippen LogP contribution in [-0.4, -0.2) is 28.0 Å². The van der Waals surface area contributed by atoms with Gasteiger partial charge in [-0.1, -0.05) is 28.9 Å². The van der Waals surface area contributed by atoms with E-state index in [-0.39, 0.29) is 24.2 Å². The smallest absolute Gasteiger partial charge is 0.276 e. The Balaban J connectivity index is 1.63. The average molecular weight is 351 g/mol. The van der Waals surface area contributed by atoms with E-state index < -0.39 is 0 Å². The zero-order valence-electron chi connectivity index (χ0n) is 15.0. The lowest BCUT2D eigenvalue weighted by Crippen LogP contribution is -2.30. The fourth-order valence-corrected chi connectivity index (χ4v) is 2.45. The van der Waals surface area contributed by atoms with Crippen molar-refractivity contribution >= 4 is 5.91 Å². The summed E-state index contributed by atoms with van der Waals surface area (Å²) in [6, 6.07) is 14.8. The normalized spacial score (nSPS) is 11.8. The van der Waals surface area contributed by atoms with Crippen molar-refractivity contribution in [2.45, 2.75) is 26.5 Å². The van der Waals surface area contributed by atoms with E-state index >= 15 is 0 Å². The Morgan fingerprint density at radius 3 is 2.69 bits per heavy atom. The number of pyridine rings is 1. The maximum atomic E-state index is 12.6. The van der Waals surface area contributed by atoms with Crippen LogP contribution in [0.15, 0.2) is 59.3 Å². The predicted octanol–water partition coefficient (Wildman–Crippen LogP) is 3.79. The van der Waals surface area contributed by atoms with Crippen LogP contribution in [0.5, 0.6) is 5.75 Å². The number of ether oxygens (including phenoxy) is 1. The highest BCUT2D eigenvalue weighted by atomic mass is 16.5. The van der Waals surface area contributed by atoms with Gasteiger partial charge in [0, 0.05) is 19.3 Å². The molecule has 0 fully saturated rings. The lowest BCUT2D eigenvalue weighted by molar-refractivity contribution is 0.0729. The molecule has 0 saturated carbocycles. The first kappa shape index (κ1) is 17.7. The molecule has 6 heteroatoms. The molecule has 3 rings (SSSR count). The molecule has 0 aliphatic rings. The van der Waals surface area contributed by atoms with E-state index in [1.54, 1.807) is 24.2 Å². The fraction of sp³-hybridized carbons (Fsp3) is 0.250. The number of amides is 1. The van der Waals surface area contributed by atoms with Crippen molar-refractivity contribution in [2.24, 2.45) is 0 Å². The molecule has 2 heterocycles. The molecule has 0 saturated heterocycles. The summed E-state index contributed by atoms with van der Waals surface area (Å²) in [6.45, 7) is 4.14. The molecule has 0 N–H and O–H groups in total. The first-order valence-corrected chi connectivity index (χ1v) is 8.38. The Morgan fingerprint density at radius 2 is 2.00 bits per heavy atom. The lowest BCUT2D eigenvalue weighted by atomic mass is 10.2. The molecule has 134 valence electrons. The second-order valence-electron chi connectivity index (χ2n) is 6.13. The third-order valence-electron chi connectivity index (χ3n) is 4.20. The number of rotatable bonds is 6. The molecule has 0 radical (unpaired) electrons. The molecule has 6 nitrogen and oxygen atoms in total. The van der Waals surface area contributed by atoms with Crippen LogP contribution in [-0.2, 0) is 6.61 Å². The largest absolute Gasteiger partial charge is 0.486 e. The van der Waals surface area contributed by atoms with Gasteiger partial charge in [-0.05, 0) is 38.1 Å². The quantitative estimate of drug-likeness (QED) is 0.676. The Labute approximate surface area is 152 Å². The minimum absolute atomic E-state index is 0.173. The molecule has 1 amide bonds. The maximum absolute atomic E-state index is 12.6. The van der Waals surface area contributed by atoms with Gasteiger partial charge in [0.2, 0.25) is 0 Å². The van der Waals surface area contributed by atoms with Crippen molar-refractivity contribution in [3.05, 3.63) is 77.4 Å². The van der Waals surface area contributed by atoms with Crippen molar-refractivity contribution in [3.63, 3.8) is 0 Å². The number of carbonyl (C=O) groups is 1. The van der Waals surface area contributed by atoms with E-state index in [4.69, 9.17) is 9.26 Å². The molecule has 3 aromatic rings. The van der Waals surface area contributed by atoms with Crippen LogP contribution in [0, 0.1) is 6.92 Å². The lowest BCUT2D eigenvalue weighted by Gasteiger charge is -2.23. The molecule has 1 unspecified atom stereocenters. The van der Waals surface area contributed by atoms with E-state index in [0.717, 1.165) is 17.0 Å². The van der Waals surface area contributed by atoms with Gasteiger partial charge in [-0.15, -0.1) is 0 Å². The molecular weight excluding hydrogens is 330 g/mol. The molecule has 26 heavy (non-hydrogen) atoms. The summed E-state index contributed by atoms with van der Waals surface area (Å²) in [5.41, 5.74) is 2.22. The number of nitrogens with zero attached hydrogens (tertiary/aromatic N) is 3. The summed E-state index contributed by atoms with van der Waals surface area (Å²) in [6.07, 6.45) is 1.71. The van der Waals surface area contributed by atoms with Crippen molar-refractivity contribution in [1.29, 1.82) is 0 Å². The predicted molar refractivity (Wildman–Crippen MR) is 96.8 cm³/mol. The highest BCUT2D eigenvalue weighted by molar-refractivity contribution is 5.92. The number of carbonyl (C=O) groups excluding carboxylic acids is 1. The highest BCUT2D eigenvalue weighted by Crippen LogP contribution is 2.19. The van der Waals surface area contributed by atoms with E-state index in [9.17, 15) is 4.79 Å². The molecular formula is C20H21N3O3. The summed E-state index contributed by atoms with van der Waals surface area (Å²) in [7, 11) is 1.72. The third kappa shape index (κ3) is 4.08. The van der Waals surface area contributed by atoms with Crippen molar-refractivity contribution in [1.82, 2.24) is 15.0 Å². The van der Waals surface area contributed by atoms with E-state index in [1.807, 2.05) is 56.3 Å². The molecule has 0 bridgehead atoms. The first-order chi connectivity index (χ1) is 12.5. The van der Waals surface area contributed by atoms with E-state index in [2.05, 4.69) is 10.1 Å². The Bertz CT molecular complexity index is 860. The van der Waals surface area contributed by atoms with Crippen LogP contribution in [0.1, 0.15) is 40.5 Å². The first-order valence-electron chi connectivity index (χ1n) is 8.38. The maximum Gasteiger partial charge on any atom is 0.276 e. The summed E-state index contributed by atoms with van der Waals surface area (Å²) in [4.78, 5) is 18.5. The van der Waals surface area contributed by atoms with Gasteiger partial charge in [-0.25, -0.2) is 0 Å². The molecule has 1 atom stereocenters. The van der Waals surface area contributed by atoms with Gasteiger partial charge >= 0.3 is 0 Å². The third-order valence-corrected chi connectivity index (χ3v) is 4.20. The monoisotopic (exact) mass is 351 g/mol. The number of benzene rings is 1. The van der Waals surface area contributed by atoms with Gasteiger partial charge in [0.15, 0.2) is 11.5 Å². The van der Waals surface area contributed by atoms with Crippen molar-refractivity contribution < 1.29 is 14.1 Å². The molecule has 0 aliphatic carbocycles. The zero-order chi connectivity index (χ0) is 18.5. The highest BCUT2D eigenvalue weighted by Gasteiger charge is 2.22. The SMILES string of the molecule is Cc1ccc(OCc2cc(C(=O)N(C)C(C)c3ccccn3)no2)cc1. The second-order valence-corrected chi connectivity index (χ2v) is 6.13. The van der Waals surface area contributed by atoms with Gasteiger partial charge in [0.25, 0.3) is 5.91 Å². The minimum atomic E-state index is -0.228. The van der Waals surface area contributed by atoms with E-state index in [1.165, 1.54) is 0 Å². The summed E-state index contributed by atoms with van der Waals surface area (Å²) in [5.74, 6) is 1.00. The van der Waals surface area contributed by atoms with Gasteiger partial charge < -0.3 is 14.2 Å². The molecule has 1 aromatic carbocycles. The Hall–Kier alpha value is -3.15. The van der Waals surface area contributed by atoms with Gasteiger partial charge in [0.1, 0.15) is 12.4 Å². The van der Waals surface area contributed by atoms with Crippen molar-refractivity contribution in [2.75, 3.05) is 7.05 Å². The van der Waals surface area contributed by atoms with Gasteiger partial charge in [-0.3, -0.25) is 9.78 Å².